The average molecular weight is 397 g/mol. The van der Waals surface area contributed by atoms with Gasteiger partial charge in [0.05, 0.1) is 30.0 Å². The highest BCUT2D eigenvalue weighted by molar-refractivity contribution is 6.02. The number of aromatic amines is 1. The summed E-state index contributed by atoms with van der Waals surface area (Å²) in [5.74, 6) is -0.498. The van der Waals surface area contributed by atoms with Crippen LogP contribution in [0.15, 0.2) is 41.4 Å². The molecule has 0 saturated carbocycles. The van der Waals surface area contributed by atoms with E-state index in [4.69, 9.17) is 9.47 Å². The Kier molecular flexibility index (Phi) is 5.51. The summed E-state index contributed by atoms with van der Waals surface area (Å²) in [4.78, 5) is 9.38. The van der Waals surface area contributed by atoms with E-state index in [1.54, 1.807) is 12.1 Å². The number of anilines is 1. The van der Waals surface area contributed by atoms with Gasteiger partial charge in [-0.1, -0.05) is 6.07 Å². The second-order valence-electron chi connectivity index (χ2n) is 7.16. The minimum atomic E-state index is -0.399. The van der Waals surface area contributed by atoms with E-state index in [-0.39, 0.29) is 12.2 Å². The quantitative estimate of drug-likeness (QED) is 0.610. The number of aliphatic imine (C=N–C) groups is 1. The van der Waals surface area contributed by atoms with Gasteiger partial charge in [-0.05, 0) is 42.8 Å². The number of aromatic hydroxyl groups is 1. The van der Waals surface area contributed by atoms with Crippen molar-refractivity contribution < 1.29 is 19.0 Å². The van der Waals surface area contributed by atoms with E-state index in [0.717, 1.165) is 29.9 Å². The molecule has 6 nitrogen and oxygen atoms in total. The molecule has 2 N–H and O–H groups in total. The first-order chi connectivity index (χ1) is 14.0. The molecule has 1 fully saturated rings. The van der Waals surface area contributed by atoms with Crippen molar-refractivity contribution in [2.75, 3.05) is 31.7 Å². The third kappa shape index (κ3) is 4.11. The van der Waals surface area contributed by atoms with Crippen LogP contribution in [-0.4, -0.2) is 49.4 Å². The molecule has 1 aromatic heterocycles. The smallest absolute Gasteiger partial charge is 0.198 e. The summed E-state index contributed by atoms with van der Waals surface area (Å²) in [5, 5.41) is 10.4. The Labute approximate surface area is 168 Å². The van der Waals surface area contributed by atoms with Crippen LogP contribution in [0.4, 0.5) is 15.8 Å². The summed E-state index contributed by atoms with van der Waals surface area (Å²) < 4.78 is 25.1. The molecule has 1 aliphatic heterocycles. The Morgan fingerprint density at radius 1 is 1.28 bits per heavy atom. The minimum absolute atomic E-state index is 0.0988. The second kappa shape index (κ2) is 8.23. The summed E-state index contributed by atoms with van der Waals surface area (Å²) in [7, 11) is 2.03. The molecule has 152 valence electrons. The molecular weight excluding hydrogens is 373 g/mol. The summed E-state index contributed by atoms with van der Waals surface area (Å²) in [5.41, 5.74) is 3.78. The summed E-state index contributed by atoms with van der Waals surface area (Å²) in [6, 6.07) is 10.6. The first-order valence-electron chi connectivity index (χ1n) is 9.61. The van der Waals surface area contributed by atoms with E-state index >= 15 is 0 Å². The number of rotatable bonds is 6. The highest BCUT2D eigenvalue weighted by atomic mass is 19.1. The molecule has 3 aromatic rings. The van der Waals surface area contributed by atoms with Crippen LogP contribution in [0.3, 0.4) is 0 Å². The number of halogens is 1. The fraction of sp³-hybridized carbons (Fsp3) is 0.318. The van der Waals surface area contributed by atoms with Crippen LogP contribution in [0.1, 0.15) is 17.5 Å². The van der Waals surface area contributed by atoms with Crippen molar-refractivity contribution in [1.82, 2.24) is 4.98 Å². The van der Waals surface area contributed by atoms with Crippen LogP contribution in [0.2, 0.25) is 0 Å². The van der Waals surface area contributed by atoms with Gasteiger partial charge in [0.25, 0.3) is 0 Å². The van der Waals surface area contributed by atoms with Gasteiger partial charge >= 0.3 is 0 Å². The van der Waals surface area contributed by atoms with Gasteiger partial charge in [-0.15, -0.1) is 0 Å². The van der Waals surface area contributed by atoms with Crippen LogP contribution in [-0.2, 0) is 9.47 Å². The standard InChI is InChI=1S/C22H24FN3O3/c1-14-12-15(6-7-19(14)26(2)9-8-20-28-10-11-29-20)24-13-16-21-17(23)4-3-5-18(21)25-22(16)27/h3-7,12-13,20,25,27H,8-11H2,1-2H3. The van der Waals surface area contributed by atoms with Crippen molar-refractivity contribution in [3.63, 3.8) is 0 Å². The number of benzene rings is 2. The Balaban J connectivity index is 1.50. The molecule has 2 heterocycles. The number of fused-ring (bicyclic) bond motifs is 1. The van der Waals surface area contributed by atoms with Crippen LogP contribution in [0, 0.1) is 12.7 Å². The van der Waals surface area contributed by atoms with Crippen molar-refractivity contribution in [3.05, 3.63) is 53.3 Å². The number of ether oxygens (including phenoxy) is 2. The maximum Gasteiger partial charge on any atom is 0.198 e. The zero-order chi connectivity index (χ0) is 20.4. The van der Waals surface area contributed by atoms with Gasteiger partial charge in [0.15, 0.2) is 12.2 Å². The number of hydrogen-bond acceptors (Lipinski definition) is 5. The highest BCUT2D eigenvalue weighted by Crippen LogP contribution is 2.29. The normalized spacial score (nSPS) is 15.0. The fourth-order valence-electron chi connectivity index (χ4n) is 3.62. The summed E-state index contributed by atoms with van der Waals surface area (Å²) in [6.07, 6.45) is 2.18. The van der Waals surface area contributed by atoms with Crippen LogP contribution < -0.4 is 4.90 Å². The van der Waals surface area contributed by atoms with Gasteiger partial charge in [0.2, 0.25) is 0 Å². The molecule has 7 heteroatoms. The molecule has 29 heavy (non-hydrogen) atoms. The lowest BCUT2D eigenvalue weighted by Gasteiger charge is -2.22. The monoisotopic (exact) mass is 397 g/mol. The van der Waals surface area contributed by atoms with E-state index in [1.165, 1.54) is 12.3 Å². The van der Waals surface area contributed by atoms with E-state index < -0.39 is 5.82 Å². The summed E-state index contributed by atoms with van der Waals surface area (Å²) >= 11 is 0. The van der Waals surface area contributed by atoms with E-state index in [9.17, 15) is 9.50 Å². The predicted molar refractivity (Wildman–Crippen MR) is 112 cm³/mol. The molecule has 0 spiro atoms. The maximum atomic E-state index is 14.2. The summed E-state index contributed by atoms with van der Waals surface area (Å²) in [6.45, 7) is 4.17. The molecule has 0 bridgehead atoms. The Morgan fingerprint density at radius 2 is 2.07 bits per heavy atom. The molecule has 0 aliphatic carbocycles. The van der Waals surface area contributed by atoms with Crippen molar-refractivity contribution in [3.8, 4) is 5.88 Å². The number of nitrogens with zero attached hydrogens (tertiary/aromatic N) is 2. The molecule has 0 radical (unpaired) electrons. The van der Waals surface area contributed by atoms with E-state index in [2.05, 4.69) is 14.9 Å². The zero-order valence-corrected chi connectivity index (χ0v) is 16.5. The highest BCUT2D eigenvalue weighted by Gasteiger charge is 2.17. The number of H-pyrrole nitrogens is 1. The number of aryl methyl sites for hydroxylation is 1. The first-order valence-corrected chi connectivity index (χ1v) is 9.61. The van der Waals surface area contributed by atoms with Crippen molar-refractivity contribution in [2.45, 2.75) is 19.6 Å². The molecule has 1 saturated heterocycles. The lowest BCUT2D eigenvalue weighted by Crippen LogP contribution is -2.24. The lowest BCUT2D eigenvalue weighted by molar-refractivity contribution is -0.0447. The Bertz CT molecular complexity index is 1040. The number of nitrogens with one attached hydrogen (secondary N) is 1. The SMILES string of the molecule is Cc1cc(N=Cc2c(O)[nH]c3cccc(F)c23)ccc1N(C)CCC1OCCO1. The lowest BCUT2D eigenvalue weighted by atomic mass is 10.1. The molecule has 4 rings (SSSR count). The van der Waals surface area contributed by atoms with Crippen molar-refractivity contribution in [2.24, 2.45) is 4.99 Å². The van der Waals surface area contributed by atoms with Gasteiger partial charge in [-0.3, -0.25) is 4.99 Å². The minimum Gasteiger partial charge on any atom is -0.494 e. The number of hydrogen-bond donors (Lipinski definition) is 2. The molecule has 2 aromatic carbocycles. The molecular formula is C22H24FN3O3. The van der Waals surface area contributed by atoms with E-state index in [0.29, 0.717) is 29.7 Å². The molecule has 1 aliphatic rings. The van der Waals surface area contributed by atoms with Crippen LogP contribution >= 0.6 is 0 Å². The molecule has 0 atom stereocenters. The maximum absolute atomic E-state index is 14.2. The van der Waals surface area contributed by atoms with Crippen LogP contribution in [0.25, 0.3) is 10.9 Å². The zero-order valence-electron chi connectivity index (χ0n) is 16.5. The van der Waals surface area contributed by atoms with Crippen molar-refractivity contribution >= 4 is 28.5 Å². The van der Waals surface area contributed by atoms with Gasteiger partial charge in [-0.25, -0.2) is 4.39 Å². The van der Waals surface area contributed by atoms with Gasteiger partial charge in [0, 0.05) is 37.3 Å². The molecule has 0 unspecified atom stereocenters. The fourth-order valence-corrected chi connectivity index (χ4v) is 3.62. The topological polar surface area (TPSA) is 70.1 Å². The van der Waals surface area contributed by atoms with Crippen molar-refractivity contribution in [1.29, 1.82) is 0 Å². The van der Waals surface area contributed by atoms with Crippen LogP contribution in [0.5, 0.6) is 5.88 Å². The molecule has 0 amide bonds. The number of aromatic nitrogens is 1. The Hall–Kier alpha value is -2.90. The second-order valence-corrected chi connectivity index (χ2v) is 7.16. The van der Waals surface area contributed by atoms with E-state index in [1.807, 2.05) is 32.2 Å². The van der Waals surface area contributed by atoms with Gasteiger partial charge in [0.1, 0.15) is 5.82 Å². The third-order valence-electron chi connectivity index (χ3n) is 5.12. The third-order valence-corrected chi connectivity index (χ3v) is 5.12. The van der Waals surface area contributed by atoms with Gasteiger partial charge < -0.3 is 24.5 Å². The average Bonchev–Trinajstić information content (AvgIpc) is 3.32. The first kappa shape index (κ1) is 19.4. The van der Waals surface area contributed by atoms with Gasteiger partial charge in [-0.2, -0.15) is 0 Å². The predicted octanol–water partition coefficient (Wildman–Crippen LogP) is 4.27. The largest absolute Gasteiger partial charge is 0.494 e. The Morgan fingerprint density at radius 3 is 2.83 bits per heavy atom.